The Kier molecular flexibility index (Phi) is 6.18. The van der Waals surface area contributed by atoms with E-state index in [1.165, 1.54) is 0 Å². The van der Waals surface area contributed by atoms with Crippen LogP contribution in [0.2, 0.25) is 5.02 Å². The lowest BCUT2D eigenvalue weighted by Gasteiger charge is -2.10. The lowest BCUT2D eigenvalue weighted by molar-refractivity contribution is 0.304. The first-order chi connectivity index (χ1) is 14.7. The first-order valence-electron chi connectivity index (χ1n) is 9.41. The molecule has 4 rings (SSSR count). The Labute approximate surface area is 189 Å². The zero-order chi connectivity index (χ0) is 20.9. The third-order valence-electron chi connectivity index (χ3n) is 4.81. The molecule has 0 fully saturated rings. The molecule has 30 heavy (non-hydrogen) atoms. The van der Waals surface area contributed by atoms with Gasteiger partial charge in [-0.25, -0.2) is 0 Å². The predicted molar refractivity (Wildman–Crippen MR) is 127 cm³/mol. The van der Waals surface area contributed by atoms with Crippen LogP contribution in [0.15, 0.2) is 89.4 Å². The molecule has 0 N–H and O–H groups in total. The van der Waals surface area contributed by atoms with Crippen LogP contribution >= 0.6 is 27.5 Å². The minimum atomic E-state index is 0.382. The van der Waals surface area contributed by atoms with Gasteiger partial charge in [0, 0.05) is 16.1 Å². The Bertz CT molecular complexity index is 1280. The van der Waals surface area contributed by atoms with Gasteiger partial charge in [-0.1, -0.05) is 78.3 Å². The van der Waals surface area contributed by atoms with E-state index >= 15 is 0 Å². The van der Waals surface area contributed by atoms with Gasteiger partial charge < -0.3 is 4.74 Å². The molecule has 4 heteroatoms. The highest BCUT2D eigenvalue weighted by molar-refractivity contribution is 9.10. The number of rotatable bonds is 5. The summed E-state index contributed by atoms with van der Waals surface area (Å²) in [4.78, 5) is 0. The number of nitriles is 1. The van der Waals surface area contributed by atoms with Crippen LogP contribution in [0.5, 0.6) is 5.75 Å². The summed E-state index contributed by atoms with van der Waals surface area (Å²) < 4.78 is 6.73. The molecule has 0 heterocycles. The Balaban J connectivity index is 1.61. The maximum absolute atomic E-state index is 9.79. The van der Waals surface area contributed by atoms with Crippen molar-refractivity contribution in [3.63, 3.8) is 0 Å². The van der Waals surface area contributed by atoms with E-state index in [4.69, 9.17) is 16.3 Å². The van der Waals surface area contributed by atoms with Gasteiger partial charge in [-0.15, -0.1) is 0 Å². The van der Waals surface area contributed by atoms with Crippen molar-refractivity contribution in [1.29, 1.82) is 5.26 Å². The zero-order valence-corrected chi connectivity index (χ0v) is 18.3. The van der Waals surface area contributed by atoms with Crippen LogP contribution in [-0.2, 0) is 6.61 Å². The summed E-state index contributed by atoms with van der Waals surface area (Å²) in [6.45, 7) is 0.382. The van der Waals surface area contributed by atoms with Gasteiger partial charge in [-0.05, 0) is 56.5 Å². The van der Waals surface area contributed by atoms with Crippen LogP contribution in [0, 0.1) is 11.3 Å². The number of benzene rings is 4. The quantitative estimate of drug-likeness (QED) is 0.217. The van der Waals surface area contributed by atoms with E-state index in [0.29, 0.717) is 17.2 Å². The number of hydrogen-bond acceptors (Lipinski definition) is 2. The fourth-order valence-corrected chi connectivity index (χ4v) is 3.99. The van der Waals surface area contributed by atoms with Crippen LogP contribution in [0.3, 0.4) is 0 Å². The van der Waals surface area contributed by atoms with Gasteiger partial charge >= 0.3 is 0 Å². The van der Waals surface area contributed by atoms with Crippen molar-refractivity contribution in [1.82, 2.24) is 0 Å². The first-order valence-corrected chi connectivity index (χ1v) is 10.6. The van der Waals surface area contributed by atoms with Gasteiger partial charge in [0.1, 0.15) is 12.4 Å². The molecule has 0 spiro atoms. The second-order valence-corrected chi connectivity index (χ2v) is 8.03. The maximum Gasteiger partial charge on any atom is 0.134 e. The molecule has 0 amide bonds. The Hall–Kier alpha value is -3.06. The monoisotopic (exact) mass is 473 g/mol. The molecule has 0 aliphatic rings. The highest BCUT2D eigenvalue weighted by Crippen LogP contribution is 2.31. The van der Waals surface area contributed by atoms with E-state index in [1.54, 1.807) is 0 Å². The summed E-state index contributed by atoms with van der Waals surface area (Å²) in [6.07, 6.45) is 1.89. The summed E-state index contributed by atoms with van der Waals surface area (Å²) in [5.41, 5.74) is 3.38. The fourth-order valence-electron chi connectivity index (χ4n) is 3.29. The van der Waals surface area contributed by atoms with Crippen LogP contribution < -0.4 is 4.74 Å². The van der Waals surface area contributed by atoms with Crippen molar-refractivity contribution in [2.24, 2.45) is 0 Å². The average molecular weight is 475 g/mol. The molecule has 146 valence electrons. The van der Waals surface area contributed by atoms with E-state index in [0.717, 1.165) is 37.7 Å². The molecule has 0 saturated heterocycles. The number of nitrogens with zero attached hydrogens (tertiary/aromatic N) is 1. The number of hydrogen-bond donors (Lipinski definition) is 0. The van der Waals surface area contributed by atoms with Gasteiger partial charge in [-0.3, -0.25) is 0 Å². The molecular weight excluding hydrogens is 458 g/mol. The van der Waals surface area contributed by atoms with Crippen molar-refractivity contribution < 1.29 is 4.74 Å². The summed E-state index contributed by atoms with van der Waals surface area (Å²) >= 11 is 9.78. The number of ether oxygens (including phenoxy) is 1. The Morgan fingerprint density at radius 3 is 2.53 bits per heavy atom. The third-order valence-corrected chi connectivity index (χ3v) is 5.80. The zero-order valence-electron chi connectivity index (χ0n) is 16.0. The summed E-state index contributed by atoms with van der Waals surface area (Å²) in [5.74, 6) is 0.718. The number of allylic oxidation sites excluding steroid dienone is 1. The molecule has 0 saturated carbocycles. The van der Waals surface area contributed by atoms with Crippen molar-refractivity contribution >= 4 is 50.0 Å². The second kappa shape index (κ2) is 9.17. The molecular formula is C26H17BrClNO. The van der Waals surface area contributed by atoms with Crippen molar-refractivity contribution in [3.05, 3.63) is 111 Å². The van der Waals surface area contributed by atoms with E-state index in [9.17, 15) is 5.26 Å². The van der Waals surface area contributed by atoms with E-state index in [2.05, 4.69) is 34.1 Å². The van der Waals surface area contributed by atoms with Crippen LogP contribution in [0.1, 0.15) is 16.7 Å². The Morgan fingerprint density at radius 1 is 0.967 bits per heavy atom. The minimum Gasteiger partial charge on any atom is -0.488 e. The molecule has 0 aromatic heterocycles. The van der Waals surface area contributed by atoms with Crippen LogP contribution in [-0.4, -0.2) is 0 Å². The van der Waals surface area contributed by atoms with Crippen molar-refractivity contribution in [2.75, 3.05) is 0 Å². The molecule has 0 atom stereocenters. The highest BCUT2D eigenvalue weighted by Gasteiger charge is 2.08. The minimum absolute atomic E-state index is 0.382. The maximum atomic E-state index is 9.79. The normalized spacial score (nSPS) is 11.3. The molecule has 0 aliphatic heterocycles. The molecule has 0 bridgehead atoms. The topological polar surface area (TPSA) is 33.0 Å². The van der Waals surface area contributed by atoms with Crippen LogP contribution in [0.4, 0.5) is 0 Å². The smallest absolute Gasteiger partial charge is 0.134 e. The standard InChI is InChI=1S/C26H17BrClNO/c27-24-15-18(12-13-26(24)30-17-20-7-2-4-11-25(20)28)14-21(16-29)23-10-5-8-19-6-1-3-9-22(19)23/h1-15H,17H2/b21-14-. The number of halogens is 2. The second-order valence-electron chi connectivity index (χ2n) is 6.77. The van der Waals surface area contributed by atoms with Gasteiger partial charge in [0.15, 0.2) is 0 Å². The van der Waals surface area contributed by atoms with Crippen molar-refractivity contribution in [3.8, 4) is 11.8 Å². The largest absolute Gasteiger partial charge is 0.488 e. The lowest BCUT2D eigenvalue weighted by Crippen LogP contribution is -1.97. The predicted octanol–water partition coefficient (Wildman–Crippen LogP) is 7.90. The Morgan fingerprint density at radius 2 is 1.73 bits per heavy atom. The SMILES string of the molecule is N#C/C(=C/c1ccc(OCc2ccccc2Cl)c(Br)c1)c1cccc2ccccc12. The van der Waals surface area contributed by atoms with E-state index < -0.39 is 0 Å². The molecule has 0 aliphatic carbocycles. The van der Waals surface area contributed by atoms with E-state index in [-0.39, 0.29) is 0 Å². The molecule has 2 nitrogen and oxygen atoms in total. The highest BCUT2D eigenvalue weighted by atomic mass is 79.9. The molecule has 4 aromatic carbocycles. The molecule has 4 aromatic rings. The number of fused-ring (bicyclic) bond motifs is 1. The van der Waals surface area contributed by atoms with Gasteiger partial charge in [-0.2, -0.15) is 5.26 Å². The van der Waals surface area contributed by atoms with Crippen LogP contribution in [0.25, 0.3) is 22.4 Å². The first kappa shape index (κ1) is 20.2. The average Bonchev–Trinajstić information content (AvgIpc) is 2.77. The molecule has 0 unspecified atom stereocenters. The third kappa shape index (κ3) is 4.41. The van der Waals surface area contributed by atoms with Gasteiger partial charge in [0.2, 0.25) is 0 Å². The van der Waals surface area contributed by atoms with Gasteiger partial charge in [0.25, 0.3) is 0 Å². The summed E-state index contributed by atoms with van der Waals surface area (Å²) in [7, 11) is 0. The summed E-state index contributed by atoms with van der Waals surface area (Å²) in [5, 5.41) is 12.6. The van der Waals surface area contributed by atoms with E-state index in [1.807, 2.05) is 78.9 Å². The van der Waals surface area contributed by atoms with Gasteiger partial charge in [0.05, 0.1) is 16.1 Å². The molecule has 0 radical (unpaired) electrons. The lowest BCUT2D eigenvalue weighted by atomic mass is 9.97. The fraction of sp³-hybridized carbons (Fsp3) is 0.0385. The summed E-state index contributed by atoms with van der Waals surface area (Å²) in [6, 6.07) is 29.8. The van der Waals surface area contributed by atoms with Crippen molar-refractivity contribution in [2.45, 2.75) is 6.61 Å².